The molecule has 7 nitrogen and oxygen atoms in total. The van der Waals surface area contributed by atoms with E-state index in [9.17, 15) is 4.79 Å². The highest BCUT2D eigenvalue weighted by atomic mass is 16.5. The third-order valence-electron chi connectivity index (χ3n) is 5.59. The number of amides is 2. The minimum absolute atomic E-state index is 0.0183. The number of hydrogen-bond acceptors (Lipinski definition) is 4. The van der Waals surface area contributed by atoms with Gasteiger partial charge in [-0.3, -0.25) is 4.90 Å². The summed E-state index contributed by atoms with van der Waals surface area (Å²) in [6.07, 6.45) is 6.06. The van der Waals surface area contributed by atoms with Crippen molar-refractivity contribution in [3.63, 3.8) is 0 Å². The van der Waals surface area contributed by atoms with Crippen molar-refractivity contribution >= 4 is 6.03 Å². The third kappa shape index (κ3) is 4.65. The van der Waals surface area contributed by atoms with Gasteiger partial charge < -0.3 is 19.5 Å². The maximum Gasteiger partial charge on any atom is 0.318 e. The van der Waals surface area contributed by atoms with Crippen LogP contribution in [0.5, 0.6) is 5.75 Å². The van der Waals surface area contributed by atoms with Gasteiger partial charge in [-0.25, -0.2) is 9.78 Å². The zero-order valence-electron chi connectivity index (χ0n) is 16.5. The fraction of sp³-hybridized carbons (Fsp3) is 0.524. The lowest BCUT2D eigenvalue weighted by molar-refractivity contribution is 0.123. The van der Waals surface area contributed by atoms with Gasteiger partial charge in [-0.2, -0.15) is 0 Å². The van der Waals surface area contributed by atoms with E-state index in [4.69, 9.17) is 4.74 Å². The van der Waals surface area contributed by atoms with Gasteiger partial charge in [0.05, 0.1) is 6.04 Å². The average Bonchev–Trinajstić information content (AvgIpc) is 3.48. The van der Waals surface area contributed by atoms with Crippen LogP contribution in [0.4, 0.5) is 4.79 Å². The zero-order valence-corrected chi connectivity index (χ0v) is 16.5. The first-order valence-electron chi connectivity index (χ1n) is 10.1. The summed E-state index contributed by atoms with van der Waals surface area (Å²) in [4.78, 5) is 21.5. The molecule has 1 aromatic heterocycles. The monoisotopic (exact) mass is 383 g/mol. The quantitative estimate of drug-likeness (QED) is 0.797. The number of rotatable bonds is 7. The van der Waals surface area contributed by atoms with Crippen molar-refractivity contribution < 1.29 is 9.53 Å². The Kier molecular flexibility index (Phi) is 5.81. The predicted octanol–water partition coefficient (Wildman–Crippen LogP) is 2.28. The van der Waals surface area contributed by atoms with Crippen molar-refractivity contribution in [2.24, 2.45) is 13.0 Å². The molecule has 0 unspecified atom stereocenters. The van der Waals surface area contributed by atoms with Gasteiger partial charge >= 0.3 is 6.03 Å². The van der Waals surface area contributed by atoms with E-state index in [1.807, 2.05) is 53.0 Å². The van der Waals surface area contributed by atoms with E-state index in [0.717, 1.165) is 57.1 Å². The van der Waals surface area contributed by atoms with Crippen LogP contribution in [0.15, 0.2) is 42.7 Å². The smallest absolute Gasteiger partial charge is 0.318 e. The number of imidazole rings is 1. The maximum atomic E-state index is 12.8. The van der Waals surface area contributed by atoms with Crippen molar-refractivity contribution in [3.8, 4) is 5.75 Å². The van der Waals surface area contributed by atoms with E-state index in [1.54, 1.807) is 6.20 Å². The molecule has 1 atom stereocenters. The minimum atomic E-state index is 0.0183. The molecule has 1 N–H and O–H groups in total. The zero-order chi connectivity index (χ0) is 19.3. The molecule has 2 amide bonds. The largest absolute Gasteiger partial charge is 0.492 e. The Bertz CT molecular complexity index is 766. The summed E-state index contributed by atoms with van der Waals surface area (Å²) < 4.78 is 7.79. The molecule has 2 aliphatic rings. The summed E-state index contributed by atoms with van der Waals surface area (Å²) in [5, 5.41) is 3.23. The summed E-state index contributed by atoms with van der Waals surface area (Å²) in [6.45, 7) is 4.79. The molecular weight excluding hydrogens is 354 g/mol. The predicted molar refractivity (Wildman–Crippen MR) is 107 cm³/mol. The number of carbonyl (C=O) groups is 1. The lowest BCUT2D eigenvalue weighted by atomic mass is 10.1. The van der Waals surface area contributed by atoms with E-state index in [-0.39, 0.29) is 12.1 Å². The van der Waals surface area contributed by atoms with Gasteiger partial charge in [0, 0.05) is 52.2 Å². The number of nitrogens with one attached hydrogen (secondary N) is 1. The first kappa shape index (κ1) is 18.8. The van der Waals surface area contributed by atoms with Crippen LogP contribution >= 0.6 is 0 Å². The number of aryl methyl sites for hydroxylation is 1. The SMILES string of the molecule is Cn1ccnc1[C@H](NC(=O)N1CCN(CCOc2ccccc2)CC1)C1CC1. The van der Waals surface area contributed by atoms with Crippen LogP contribution in [0, 0.1) is 5.92 Å². The molecule has 28 heavy (non-hydrogen) atoms. The highest BCUT2D eigenvalue weighted by Gasteiger charge is 2.36. The van der Waals surface area contributed by atoms with Crippen molar-refractivity contribution in [2.75, 3.05) is 39.3 Å². The number of piperazine rings is 1. The van der Waals surface area contributed by atoms with Crippen molar-refractivity contribution in [1.82, 2.24) is 24.7 Å². The summed E-state index contributed by atoms with van der Waals surface area (Å²) in [5.74, 6) is 2.37. The number of nitrogens with zero attached hydrogens (tertiary/aromatic N) is 4. The van der Waals surface area contributed by atoms with Gasteiger partial charge in [0.15, 0.2) is 0 Å². The standard InChI is InChI=1S/C21H29N5O2/c1-24-10-9-22-20(24)19(17-7-8-17)23-21(27)26-13-11-25(12-14-26)15-16-28-18-5-3-2-4-6-18/h2-6,9-10,17,19H,7-8,11-16H2,1H3,(H,23,27)/t19-/m1/s1. The molecule has 0 spiro atoms. The second kappa shape index (κ2) is 8.65. The molecule has 2 fully saturated rings. The molecule has 1 saturated carbocycles. The Morgan fingerprint density at radius 1 is 1.21 bits per heavy atom. The number of ether oxygens (including phenoxy) is 1. The Labute approximate surface area is 166 Å². The highest BCUT2D eigenvalue weighted by molar-refractivity contribution is 5.74. The van der Waals surface area contributed by atoms with Gasteiger partial charge in [-0.05, 0) is 30.9 Å². The first-order chi connectivity index (χ1) is 13.7. The van der Waals surface area contributed by atoms with Crippen LogP contribution in [-0.4, -0.2) is 64.7 Å². The second-order valence-electron chi connectivity index (χ2n) is 7.65. The molecular formula is C21H29N5O2. The fourth-order valence-corrected chi connectivity index (χ4v) is 3.71. The van der Waals surface area contributed by atoms with Gasteiger partial charge in [0.25, 0.3) is 0 Å². The molecule has 150 valence electrons. The normalized spacial score (nSPS) is 18.7. The molecule has 2 aromatic rings. The van der Waals surface area contributed by atoms with Crippen molar-refractivity contribution in [2.45, 2.75) is 18.9 Å². The van der Waals surface area contributed by atoms with Crippen molar-refractivity contribution in [1.29, 1.82) is 0 Å². The Balaban J connectivity index is 1.22. The Morgan fingerprint density at radius 3 is 2.61 bits per heavy atom. The number of para-hydroxylation sites is 1. The fourth-order valence-electron chi connectivity index (χ4n) is 3.71. The second-order valence-corrected chi connectivity index (χ2v) is 7.65. The van der Waals surface area contributed by atoms with Gasteiger partial charge in [0.1, 0.15) is 18.2 Å². The van der Waals surface area contributed by atoms with Gasteiger partial charge in [-0.1, -0.05) is 18.2 Å². The van der Waals surface area contributed by atoms with Crippen LogP contribution in [0.3, 0.4) is 0 Å². The van der Waals surface area contributed by atoms with Gasteiger partial charge in [0.2, 0.25) is 0 Å². The van der Waals surface area contributed by atoms with E-state index in [0.29, 0.717) is 12.5 Å². The lowest BCUT2D eigenvalue weighted by Gasteiger charge is -2.35. The average molecular weight is 383 g/mol. The van der Waals surface area contributed by atoms with E-state index < -0.39 is 0 Å². The Morgan fingerprint density at radius 2 is 1.96 bits per heavy atom. The summed E-state index contributed by atoms with van der Waals surface area (Å²) in [7, 11) is 1.99. The summed E-state index contributed by atoms with van der Waals surface area (Å²) in [6, 6.07) is 9.93. The van der Waals surface area contributed by atoms with Gasteiger partial charge in [-0.15, -0.1) is 0 Å². The van der Waals surface area contributed by atoms with Crippen LogP contribution < -0.4 is 10.1 Å². The summed E-state index contributed by atoms with van der Waals surface area (Å²) in [5.41, 5.74) is 0. The number of hydrogen-bond donors (Lipinski definition) is 1. The topological polar surface area (TPSA) is 62.6 Å². The molecule has 1 aliphatic carbocycles. The van der Waals surface area contributed by atoms with Crippen LogP contribution in [0.1, 0.15) is 24.7 Å². The number of aromatic nitrogens is 2. The van der Waals surface area contributed by atoms with E-state index in [2.05, 4.69) is 15.2 Å². The molecule has 4 rings (SSSR count). The van der Waals surface area contributed by atoms with Crippen molar-refractivity contribution in [3.05, 3.63) is 48.5 Å². The van der Waals surface area contributed by atoms with Crippen LogP contribution in [0.25, 0.3) is 0 Å². The van der Waals surface area contributed by atoms with Crippen LogP contribution in [-0.2, 0) is 7.05 Å². The Hall–Kier alpha value is -2.54. The number of benzene rings is 1. The number of urea groups is 1. The maximum absolute atomic E-state index is 12.8. The lowest BCUT2D eigenvalue weighted by Crippen LogP contribution is -2.53. The molecule has 7 heteroatoms. The molecule has 0 radical (unpaired) electrons. The van der Waals surface area contributed by atoms with E-state index >= 15 is 0 Å². The molecule has 1 aromatic carbocycles. The van der Waals surface area contributed by atoms with E-state index in [1.165, 1.54) is 0 Å². The first-order valence-corrected chi connectivity index (χ1v) is 10.1. The molecule has 2 heterocycles. The minimum Gasteiger partial charge on any atom is -0.492 e. The molecule has 0 bridgehead atoms. The third-order valence-corrected chi connectivity index (χ3v) is 5.59. The summed E-state index contributed by atoms with van der Waals surface area (Å²) >= 11 is 0. The highest BCUT2D eigenvalue weighted by Crippen LogP contribution is 2.40. The van der Waals surface area contributed by atoms with Crippen LogP contribution in [0.2, 0.25) is 0 Å². The number of carbonyl (C=O) groups excluding carboxylic acids is 1. The molecule has 1 saturated heterocycles. The molecule has 1 aliphatic heterocycles.